The van der Waals surface area contributed by atoms with Gasteiger partial charge in [-0.2, -0.15) is 0 Å². The fraction of sp³-hybridized carbons (Fsp3) is 0.240. The van der Waals surface area contributed by atoms with E-state index in [2.05, 4.69) is 5.32 Å². The Balaban J connectivity index is 1.67. The molecule has 0 saturated heterocycles. The van der Waals surface area contributed by atoms with Crippen molar-refractivity contribution in [2.45, 2.75) is 33.1 Å². The van der Waals surface area contributed by atoms with Gasteiger partial charge in [-0.15, -0.1) is 0 Å². The van der Waals surface area contributed by atoms with Crippen LogP contribution < -0.4 is 10.1 Å². The van der Waals surface area contributed by atoms with Gasteiger partial charge >= 0.3 is 0 Å². The lowest BCUT2D eigenvalue weighted by atomic mass is 9.81. The fourth-order valence-electron chi connectivity index (χ4n) is 3.30. The lowest BCUT2D eigenvalue weighted by Gasteiger charge is -2.29. The second kappa shape index (κ2) is 10.1. The van der Waals surface area contributed by atoms with Crippen LogP contribution in [0, 0.1) is 15.5 Å². The van der Waals surface area contributed by atoms with E-state index in [9.17, 15) is 20.0 Å². The number of hydrogen-bond donors (Lipinski definition) is 2. The molecule has 0 bridgehead atoms. The zero-order valence-corrected chi connectivity index (χ0v) is 18.0. The Morgan fingerprint density at radius 1 is 1.06 bits per heavy atom. The quantitative estimate of drug-likeness (QED) is 0.380. The number of carbonyl (C=O) groups excluding carboxylic acids is 1. The Kier molecular flexibility index (Phi) is 7.22. The molecule has 0 saturated carbocycles. The summed E-state index contributed by atoms with van der Waals surface area (Å²) in [5, 5.41) is 24.8. The molecule has 7 nitrogen and oxygen atoms in total. The maximum atomic E-state index is 12.9. The highest BCUT2D eigenvalue weighted by Gasteiger charge is 2.37. The van der Waals surface area contributed by atoms with Crippen molar-refractivity contribution in [3.63, 3.8) is 0 Å². The van der Waals surface area contributed by atoms with Gasteiger partial charge in [0, 0.05) is 18.2 Å². The lowest BCUT2D eigenvalue weighted by molar-refractivity contribution is -0.385. The first-order valence-electron chi connectivity index (χ1n) is 10.2. The summed E-state index contributed by atoms with van der Waals surface area (Å²) in [5.41, 5.74) is 0.721. The van der Waals surface area contributed by atoms with E-state index in [0.717, 1.165) is 5.56 Å². The molecule has 0 spiro atoms. The molecule has 1 atom stereocenters. The van der Waals surface area contributed by atoms with Gasteiger partial charge in [0.25, 0.3) is 5.69 Å². The van der Waals surface area contributed by atoms with Crippen LogP contribution in [0.3, 0.4) is 0 Å². The number of ether oxygens (including phenoxy) is 1. The van der Waals surface area contributed by atoms with Crippen LogP contribution in [0.5, 0.6) is 5.75 Å². The molecule has 3 aromatic rings. The minimum Gasteiger partial charge on any atom is -0.489 e. The summed E-state index contributed by atoms with van der Waals surface area (Å²) in [7, 11) is 0. The van der Waals surface area contributed by atoms with Crippen molar-refractivity contribution in [1.29, 1.82) is 0 Å². The minimum atomic E-state index is -1.18. The zero-order valence-electron chi connectivity index (χ0n) is 18.0. The molecule has 2 N–H and O–H groups in total. The fourth-order valence-corrected chi connectivity index (χ4v) is 3.30. The van der Waals surface area contributed by atoms with E-state index >= 15 is 0 Å². The monoisotopic (exact) mass is 434 g/mol. The molecule has 0 fully saturated rings. The molecule has 0 aliphatic rings. The third-order valence-corrected chi connectivity index (χ3v) is 5.32. The van der Waals surface area contributed by atoms with Crippen molar-refractivity contribution in [2.75, 3.05) is 0 Å². The number of rotatable bonds is 9. The van der Waals surface area contributed by atoms with Crippen LogP contribution in [0.15, 0.2) is 78.9 Å². The number of amides is 1. The minimum absolute atomic E-state index is 0.00758. The molecule has 0 aliphatic carbocycles. The second-order valence-corrected chi connectivity index (χ2v) is 8.04. The van der Waals surface area contributed by atoms with Gasteiger partial charge < -0.3 is 15.2 Å². The summed E-state index contributed by atoms with van der Waals surface area (Å²) in [6.45, 7) is 3.64. The van der Waals surface area contributed by atoms with Crippen molar-refractivity contribution >= 4 is 11.6 Å². The van der Waals surface area contributed by atoms with Gasteiger partial charge in [-0.05, 0) is 37.1 Å². The van der Waals surface area contributed by atoms with Gasteiger partial charge in [0.2, 0.25) is 5.91 Å². The van der Waals surface area contributed by atoms with E-state index in [-0.39, 0.29) is 12.2 Å². The number of para-hydroxylation sites is 1. The van der Waals surface area contributed by atoms with Crippen LogP contribution in [-0.4, -0.2) is 15.9 Å². The highest BCUT2D eigenvalue weighted by Crippen LogP contribution is 2.35. The van der Waals surface area contributed by atoms with E-state index in [0.29, 0.717) is 23.5 Å². The van der Waals surface area contributed by atoms with Crippen molar-refractivity contribution < 1.29 is 19.6 Å². The number of benzene rings is 3. The molecular weight excluding hydrogens is 408 g/mol. The second-order valence-electron chi connectivity index (χ2n) is 8.04. The maximum absolute atomic E-state index is 12.9. The maximum Gasteiger partial charge on any atom is 0.274 e. The lowest BCUT2D eigenvalue weighted by Crippen LogP contribution is -2.40. The molecule has 0 aromatic heterocycles. The standard InChI is InChI=1S/C25H26N2O5/c1-25(2,24(29)26-16-20-11-6-7-14-22(20)27(30)31)23(28)19-12-8-13-21(15-19)32-17-18-9-4-3-5-10-18/h3-15,23,28H,16-17H2,1-2H3,(H,26,29)/t23-/m0/s1. The number of hydrogen-bond acceptors (Lipinski definition) is 5. The van der Waals surface area contributed by atoms with Gasteiger partial charge in [-0.25, -0.2) is 0 Å². The SMILES string of the molecule is CC(C)(C(=O)NCc1ccccc1[N+](=O)[O-])[C@@H](O)c1cccc(OCc2ccccc2)c1. The summed E-state index contributed by atoms with van der Waals surface area (Å²) in [5.74, 6) is 0.167. The van der Waals surface area contributed by atoms with Gasteiger partial charge in [0.15, 0.2) is 0 Å². The molecule has 7 heteroatoms. The van der Waals surface area contributed by atoms with Crippen molar-refractivity contribution in [1.82, 2.24) is 5.32 Å². The molecule has 0 heterocycles. The van der Waals surface area contributed by atoms with Crippen LogP contribution in [0.4, 0.5) is 5.69 Å². The molecule has 166 valence electrons. The van der Waals surface area contributed by atoms with E-state index < -0.39 is 22.3 Å². The predicted octanol–water partition coefficient (Wildman–Crippen LogP) is 4.55. The highest BCUT2D eigenvalue weighted by atomic mass is 16.6. The molecule has 3 rings (SSSR count). The summed E-state index contributed by atoms with van der Waals surface area (Å²) in [6, 6.07) is 23.0. The number of nitrogens with zero attached hydrogens (tertiary/aromatic N) is 1. The van der Waals surface area contributed by atoms with E-state index in [1.165, 1.54) is 6.07 Å². The average Bonchev–Trinajstić information content (AvgIpc) is 2.81. The number of nitro benzene ring substituents is 1. The number of aliphatic hydroxyl groups excluding tert-OH is 1. The van der Waals surface area contributed by atoms with Crippen LogP contribution in [0.2, 0.25) is 0 Å². The van der Waals surface area contributed by atoms with E-state index in [1.807, 2.05) is 30.3 Å². The zero-order chi connectivity index (χ0) is 23.1. The van der Waals surface area contributed by atoms with Gasteiger partial charge in [0.05, 0.1) is 16.4 Å². The first-order valence-corrected chi connectivity index (χ1v) is 10.2. The van der Waals surface area contributed by atoms with E-state index in [1.54, 1.807) is 56.3 Å². The van der Waals surface area contributed by atoms with Crippen LogP contribution in [0.25, 0.3) is 0 Å². The topological polar surface area (TPSA) is 102 Å². The number of carbonyl (C=O) groups is 1. The smallest absolute Gasteiger partial charge is 0.274 e. The highest BCUT2D eigenvalue weighted by molar-refractivity contribution is 5.82. The molecule has 0 radical (unpaired) electrons. The van der Waals surface area contributed by atoms with E-state index in [4.69, 9.17) is 4.74 Å². The van der Waals surface area contributed by atoms with Gasteiger partial charge in [-0.1, -0.05) is 60.7 Å². The summed E-state index contributed by atoms with van der Waals surface area (Å²) < 4.78 is 5.82. The summed E-state index contributed by atoms with van der Waals surface area (Å²) in [4.78, 5) is 23.5. The van der Waals surface area contributed by atoms with Crippen molar-refractivity contribution in [2.24, 2.45) is 5.41 Å². The Morgan fingerprint density at radius 2 is 1.75 bits per heavy atom. The predicted molar refractivity (Wildman–Crippen MR) is 121 cm³/mol. The number of nitrogens with one attached hydrogen (secondary N) is 1. The molecular formula is C25H26N2O5. The molecule has 0 unspecified atom stereocenters. The average molecular weight is 434 g/mol. The van der Waals surface area contributed by atoms with Gasteiger partial charge in [-0.3, -0.25) is 14.9 Å². The Morgan fingerprint density at radius 3 is 2.47 bits per heavy atom. The summed E-state index contributed by atoms with van der Waals surface area (Å²) in [6.07, 6.45) is -1.10. The number of aliphatic hydroxyl groups is 1. The van der Waals surface area contributed by atoms with Crippen LogP contribution >= 0.6 is 0 Å². The first kappa shape index (κ1) is 23.0. The Hall–Kier alpha value is -3.71. The van der Waals surface area contributed by atoms with Crippen molar-refractivity contribution in [3.05, 3.63) is 106 Å². The van der Waals surface area contributed by atoms with Crippen molar-refractivity contribution in [3.8, 4) is 5.75 Å². The molecule has 3 aromatic carbocycles. The first-order chi connectivity index (χ1) is 15.3. The Labute approximate surface area is 186 Å². The molecule has 0 aliphatic heterocycles. The summed E-state index contributed by atoms with van der Waals surface area (Å²) >= 11 is 0. The Bertz CT molecular complexity index is 1080. The normalized spacial score (nSPS) is 12.1. The third-order valence-electron chi connectivity index (χ3n) is 5.32. The number of nitro groups is 1. The van der Waals surface area contributed by atoms with Gasteiger partial charge in [0.1, 0.15) is 12.4 Å². The third kappa shape index (κ3) is 5.50. The largest absolute Gasteiger partial charge is 0.489 e. The van der Waals surface area contributed by atoms with Crippen LogP contribution in [-0.2, 0) is 17.9 Å². The molecule has 32 heavy (non-hydrogen) atoms. The molecule has 1 amide bonds. The van der Waals surface area contributed by atoms with Crippen LogP contribution in [0.1, 0.15) is 36.6 Å².